The molecule has 0 saturated heterocycles. The van der Waals surface area contributed by atoms with Crippen molar-refractivity contribution in [1.82, 2.24) is 9.55 Å². The first-order valence-corrected chi connectivity index (χ1v) is 6.85. The lowest BCUT2D eigenvalue weighted by Crippen LogP contribution is -2.22. The maximum atomic E-state index is 6.18. The molecule has 2 heterocycles. The molecule has 1 unspecified atom stereocenters. The minimum atomic E-state index is 0.0693. The van der Waals surface area contributed by atoms with Crippen molar-refractivity contribution in [3.05, 3.63) is 77.1 Å². The Labute approximate surface area is 121 Å². The van der Waals surface area contributed by atoms with Gasteiger partial charge in [-0.1, -0.05) is 41.9 Å². The van der Waals surface area contributed by atoms with E-state index < -0.39 is 0 Å². The molecular weight excluding hydrogens is 270 g/mol. The first-order valence-electron chi connectivity index (χ1n) is 6.47. The Kier molecular flexibility index (Phi) is 2.54. The van der Waals surface area contributed by atoms with Crippen molar-refractivity contribution < 1.29 is 0 Å². The van der Waals surface area contributed by atoms with Crippen LogP contribution in [-0.4, -0.2) is 9.55 Å². The summed E-state index contributed by atoms with van der Waals surface area (Å²) in [6.07, 6.45) is 3.75. The van der Waals surface area contributed by atoms with E-state index in [1.165, 1.54) is 5.56 Å². The molecule has 1 aliphatic heterocycles. The lowest BCUT2D eigenvalue weighted by atomic mass is 9.96. The number of benzene rings is 2. The fraction of sp³-hybridized carbons (Fsp3) is 0.0625. The van der Waals surface area contributed by atoms with Crippen molar-refractivity contribution >= 4 is 17.5 Å². The van der Waals surface area contributed by atoms with Crippen molar-refractivity contribution in [1.29, 1.82) is 0 Å². The average molecular weight is 282 g/mol. The Morgan fingerprint density at radius 3 is 2.80 bits per heavy atom. The first kappa shape index (κ1) is 11.6. The monoisotopic (exact) mass is 281 g/mol. The maximum absolute atomic E-state index is 6.18. The second-order valence-corrected chi connectivity index (χ2v) is 5.25. The molecule has 20 heavy (non-hydrogen) atoms. The zero-order chi connectivity index (χ0) is 13.5. The maximum Gasteiger partial charge on any atom is 0.208 e. The van der Waals surface area contributed by atoms with Crippen LogP contribution in [0.25, 0.3) is 5.69 Å². The van der Waals surface area contributed by atoms with Gasteiger partial charge in [0.2, 0.25) is 5.95 Å². The first-order chi connectivity index (χ1) is 9.83. The molecule has 0 radical (unpaired) electrons. The smallest absolute Gasteiger partial charge is 0.208 e. The number of rotatable bonds is 1. The largest absolute Gasteiger partial charge is 0.344 e. The summed E-state index contributed by atoms with van der Waals surface area (Å²) in [4.78, 5) is 4.37. The summed E-state index contributed by atoms with van der Waals surface area (Å²) in [6.45, 7) is 0. The van der Waals surface area contributed by atoms with E-state index in [9.17, 15) is 0 Å². The Balaban J connectivity index is 1.94. The van der Waals surface area contributed by atoms with Gasteiger partial charge in [0.15, 0.2) is 0 Å². The Morgan fingerprint density at radius 2 is 1.95 bits per heavy atom. The van der Waals surface area contributed by atoms with Gasteiger partial charge in [0, 0.05) is 23.0 Å². The lowest BCUT2D eigenvalue weighted by molar-refractivity contribution is 0.838. The summed E-state index contributed by atoms with van der Waals surface area (Å²) < 4.78 is 2.05. The SMILES string of the molecule is Clc1ccc2c(c1)C(c1ccccc1)Nc1nccn1-2. The normalized spacial score (nSPS) is 16.1. The van der Waals surface area contributed by atoms with Crippen LogP contribution in [0.3, 0.4) is 0 Å². The van der Waals surface area contributed by atoms with E-state index in [1.54, 1.807) is 6.20 Å². The number of fused-ring (bicyclic) bond motifs is 3. The summed E-state index contributed by atoms with van der Waals surface area (Å²) >= 11 is 6.18. The third-order valence-electron chi connectivity index (χ3n) is 3.61. The molecule has 0 bridgehead atoms. The quantitative estimate of drug-likeness (QED) is 0.729. The van der Waals surface area contributed by atoms with E-state index in [0.717, 1.165) is 22.2 Å². The minimum Gasteiger partial charge on any atom is -0.344 e. The van der Waals surface area contributed by atoms with Crippen molar-refractivity contribution in [2.45, 2.75) is 6.04 Å². The highest BCUT2D eigenvalue weighted by Gasteiger charge is 2.25. The van der Waals surface area contributed by atoms with Gasteiger partial charge >= 0.3 is 0 Å². The van der Waals surface area contributed by atoms with Crippen LogP contribution in [0.5, 0.6) is 0 Å². The molecule has 2 aromatic carbocycles. The standard InChI is InChI=1S/C16H12ClN3/c17-12-6-7-14-13(10-12)15(11-4-2-1-3-5-11)19-16-18-8-9-20(14)16/h1-10,15H,(H,18,19). The van der Waals surface area contributed by atoms with E-state index in [4.69, 9.17) is 11.6 Å². The summed E-state index contributed by atoms with van der Waals surface area (Å²) in [6, 6.07) is 16.4. The van der Waals surface area contributed by atoms with Crippen LogP contribution in [0, 0.1) is 0 Å². The lowest BCUT2D eigenvalue weighted by Gasteiger charge is -2.28. The van der Waals surface area contributed by atoms with E-state index >= 15 is 0 Å². The molecule has 0 amide bonds. The van der Waals surface area contributed by atoms with Gasteiger partial charge in [0.05, 0.1) is 11.7 Å². The van der Waals surface area contributed by atoms with Crippen LogP contribution in [-0.2, 0) is 0 Å². The summed E-state index contributed by atoms with van der Waals surface area (Å²) in [5.74, 6) is 0.855. The van der Waals surface area contributed by atoms with Crippen molar-refractivity contribution in [2.75, 3.05) is 5.32 Å². The third kappa shape index (κ3) is 1.71. The molecule has 98 valence electrons. The summed E-state index contributed by atoms with van der Waals surface area (Å²) in [5.41, 5.74) is 3.48. The molecular formula is C16H12ClN3. The van der Waals surface area contributed by atoms with E-state index in [2.05, 4.69) is 22.4 Å². The van der Waals surface area contributed by atoms with Gasteiger partial charge < -0.3 is 5.32 Å². The van der Waals surface area contributed by atoms with Gasteiger partial charge in [0.1, 0.15) is 0 Å². The van der Waals surface area contributed by atoms with Crippen LogP contribution in [0.15, 0.2) is 60.9 Å². The van der Waals surface area contributed by atoms with Crippen molar-refractivity contribution in [3.8, 4) is 5.69 Å². The number of anilines is 1. The number of imidazole rings is 1. The zero-order valence-corrected chi connectivity index (χ0v) is 11.4. The summed E-state index contributed by atoms with van der Waals surface area (Å²) in [7, 11) is 0. The van der Waals surface area contributed by atoms with Crippen LogP contribution in [0.1, 0.15) is 17.2 Å². The predicted octanol–water partition coefficient (Wildman–Crippen LogP) is 4.04. The van der Waals surface area contributed by atoms with Gasteiger partial charge in [0.25, 0.3) is 0 Å². The number of hydrogen-bond donors (Lipinski definition) is 1. The Morgan fingerprint density at radius 1 is 1.10 bits per heavy atom. The van der Waals surface area contributed by atoms with Gasteiger partial charge in [-0.15, -0.1) is 0 Å². The molecule has 0 aliphatic carbocycles. The molecule has 0 saturated carbocycles. The molecule has 1 aliphatic rings. The van der Waals surface area contributed by atoms with Gasteiger partial charge in [-0.3, -0.25) is 4.57 Å². The average Bonchev–Trinajstić information content (AvgIpc) is 2.95. The van der Waals surface area contributed by atoms with Crippen molar-refractivity contribution in [3.63, 3.8) is 0 Å². The molecule has 3 aromatic rings. The number of hydrogen-bond acceptors (Lipinski definition) is 2. The van der Waals surface area contributed by atoms with Crippen LogP contribution >= 0.6 is 11.6 Å². The Hall–Kier alpha value is -2.26. The van der Waals surface area contributed by atoms with Crippen LogP contribution in [0.2, 0.25) is 5.02 Å². The van der Waals surface area contributed by atoms with Gasteiger partial charge in [-0.2, -0.15) is 0 Å². The fourth-order valence-corrected chi connectivity index (χ4v) is 2.88. The Bertz CT molecular complexity index is 764. The van der Waals surface area contributed by atoms with Crippen LogP contribution in [0.4, 0.5) is 5.95 Å². The highest BCUT2D eigenvalue weighted by atomic mass is 35.5. The molecule has 0 spiro atoms. The summed E-state index contributed by atoms with van der Waals surface area (Å²) in [5, 5.41) is 4.22. The third-order valence-corrected chi connectivity index (χ3v) is 3.84. The second-order valence-electron chi connectivity index (χ2n) is 4.81. The van der Waals surface area contributed by atoms with E-state index in [-0.39, 0.29) is 6.04 Å². The molecule has 1 N–H and O–H groups in total. The topological polar surface area (TPSA) is 29.9 Å². The molecule has 4 heteroatoms. The molecule has 1 aromatic heterocycles. The highest BCUT2D eigenvalue weighted by Crippen LogP contribution is 2.37. The van der Waals surface area contributed by atoms with Crippen molar-refractivity contribution in [2.24, 2.45) is 0 Å². The predicted molar refractivity (Wildman–Crippen MR) is 80.5 cm³/mol. The van der Waals surface area contributed by atoms with Crippen LogP contribution < -0.4 is 5.32 Å². The second kappa shape index (κ2) is 4.39. The fourth-order valence-electron chi connectivity index (χ4n) is 2.70. The molecule has 0 fully saturated rings. The highest BCUT2D eigenvalue weighted by molar-refractivity contribution is 6.30. The molecule has 4 rings (SSSR count). The number of halogens is 1. The van der Waals surface area contributed by atoms with Gasteiger partial charge in [-0.05, 0) is 23.8 Å². The number of nitrogens with one attached hydrogen (secondary N) is 1. The zero-order valence-electron chi connectivity index (χ0n) is 10.6. The minimum absolute atomic E-state index is 0.0693. The molecule has 1 atom stereocenters. The number of aromatic nitrogens is 2. The van der Waals surface area contributed by atoms with E-state index in [1.807, 2.05) is 47.2 Å². The van der Waals surface area contributed by atoms with E-state index in [0.29, 0.717) is 0 Å². The van der Waals surface area contributed by atoms with Gasteiger partial charge in [-0.25, -0.2) is 4.98 Å². The molecule has 3 nitrogen and oxygen atoms in total. The number of nitrogens with zero attached hydrogens (tertiary/aromatic N) is 2.